The van der Waals surface area contributed by atoms with Crippen LogP contribution in [-0.2, 0) is 17.6 Å². The van der Waals surface area contributed by atoms with Crippen molar-refractivity contribution in [2.75, 3.05) is 17.2 Å². The summed E-state index contributed by atoms with van der Waals surface area (Å²) in [4.78, 5) is 14.5. The first-order valence-corrected chi connectivity index (χ1v) is 7.30. The monoisotopic (exact) mass is 280 g/mol. The minimum absolute atomic E-state index is 0.145. The molecule has 0 saturated heterocycles. The van der Waals surface area contributed by atoms with Gasteiger partial charge in [0, 0.05) is 17.9 Å². The van der Waals surface area contributed by atoms with Crippen molar-refractivity contribution >= 4 is 17.3 Å². The molecular formula is C18H20N2O. The Labute approximate surface area is 125 Å². The second-order valence-corrected chi connectivity index (χ2v) is 5.74. The Balaban J connectivity index is 1.86. The van der Waals surface area contributed by atoms with E-state index in [0.717, 1.165) is 41.0 Å². The van der Waals surface area contributed by atoms with E-state index in [1.54, 1.807) is 0 Å². The smallest absolute Gasteiger partial charge is 0.231 e. The molecule has 2 N–H and O–H groups in total. The number of carbonyl (C=O) groups excluding carboxylic acids is 1. The first-order chi connectivity index (χ1) is 10.1. The van der Waals surface area contributed by atoms with Crippen LogP contribution in [0.1, 0.15) is 22.3 Å². The van der Waals surface area contributed by atoms with Crippen LogP contribution >= 0.6 is 0 Å². The highest BCUT2D eigenvalue weighted by atomic mass is 16.2. The first-order valence-electron chi connectivity index (χ1n) is 7.30. The van der Waals surface area contributed by atoms with Gasteiger partial charge in [-0.25, -0.2) is 0 Å². The summed E-state index contributed by atoms with van der Waals surface area (Å²) in [5, 5.41) is 0. The average molecular weight is 280 g/mol. The number of nitrogens with zero attached hydrogens (tertiary/aromatic N) is 1. The van der Waals surface area contributed by atoms with Gasteiger partial charge in [0.15, 0.2) is 0 Å². The Bertz CT molecular complexity index is 706. The van der Waals surface area contributed by atoms with Gasteiger partial charge in [0.2, 0.25) is 5.91 Å². The number of amides is 1. The van der Waals surface area contributed by atoms with E-state index in [4.69, 9.17) is 5.73 Å². The largest absolute Gasteiger partial charge is 0.398 e. The first kappa shape index (κ1) is 13.7. The quantitative estimate of drug-likeness (QED) is 0.860. The van der Waals surface area contributed by atoms with Crippen LogP contribution in [0.4, 0.5) is 11.4 Å². The van der Waals surface area contributed by atoms with Crippen molar-refractivity contribution in [3.8, 4) is 0 Å². The molecule has 1 heterocycles. The molecule has 3 heteroatoms. The Morgan fingerprint density at radius 2 is 1.95 bits per heavy atom. The maximum Gasteiger partial charge on any atom is 0.231 e. The molecule has 1 amide bonds. The number of nitrogen functional groups attached to an aromatic ring is 1. The summed E-state index contributed by atoms with van der Waals surface area (Å²) in [6, 6.07) is 12.1. The van der Waals surface area contributed by atoms with Crippen LogP contribution in [0.15, 0.2) is 36.4 Å². The van der Waals surface area contributed by atoms with E-state index in [9.17, 15) is 4.79 Å². The lowest BCUT2D eigenvalue weighted by Gasteiger charge is -2.19. The summed E-state index contributed by atoms with van der Waals surface area (Å²) in [7, 11) is 0. The van der Waals surface area contributed by atoms with Gasteiger partial charge in [0.05, 0.1) is 6.42 Å². The summed E-state index contributed by atoms with van der Waals surface area (Å²) in [5.74, 6) is 0.145. The highest BCUT2D eigenvalue weighted by molar-refractivity contribution is 5.97. The van der Waals surface area contributed by atoms with Crippen LogP contribution in [0.5, 0.6) is 0 Å². The van der Waals surface area contributed by atoms with Crippen LogP contribution in [0, 0.1) is 13.8 Å². The Kier molecular flexibility index (Phi) is 3.42. The second-order valence-electron chi connectivity index (χ2n) is 5.74. The van der Waals surface area contributed by atoms with Crippen molar-refractivity contribution in [1.82, 2.24) is 0 Å². The standard InChI is InChI=1S/C18H20N2O/c1-12-5-3-4-6-14(12)10-18(21)20-8-7-15-9-13(2)16(19)11-17(15)20/h3-6,9,11H,7-8,10,19H2,1-2H3. The summed E-state index contributed by atoms with van der Waals surface area (Å²) < 4.78 is 0. The van der Waals surface area contributed by atoms with Gasteiger partial charge < -0.3 is 10.6 Å². The molecule has 1 aliphatic heterocycles. The highest BCUT2D eigenvalue weighted by Gasteiger charge is 2.25. The van der Waals surface area contributed by atoms with E-state index < -0.39 is 0 Å². The molecule has 0 spiro atoms. The number of hydrogen-bond donors (Lipinski definition) is 1. The molecule has 3 nitrogen and oxygen atoms in total. The van der Waals surface area contributed by atoms with Gasteiger partial charge in [0.25, 0.3) is 0 Å². The molecule has 0 saturated carbocycles. The van der Waals surface area contributed by atoms with Gasteiger partial charge in [-0.15, -0.1) is 0 Å². The van der Waals surface area contributed by atoms with Crippen molar-refractivity contribution in [2.45, 2.75) is 26.7 Å². The molecule has 0 aliphatic carbocycles. The van der Waals surface area contributed by atoms with E-state index in [-0.39, 0.29) is 5.91 Å². The van der Waals surface area contributed by atoms with Crippen LogP contribution in [0.25, 0.3) is 0 Å². The molecular weight excluding hydrogens is 260 g/mol. The van der Waals surface area contributed by atoms with Crippen molar-refractivity contribution in [3.63, 3.8) is 0 Å². The Hall–Kier alpha value is -2.29. The zero-order valence-electron chi connectivity index (χ0n) is 12.5. The third-order valence-corrected chi connectivity index (χ3v) is 4.27. The van der Waals surface area contributed by atoms with E-state index in [0.29, 0.717) is 6.42 Å². The van der Waals surface area contributed by atoms with Gasteiger partial charge in [-0.1, -0.05) is 30.3 Å². The van der Waals surface area contributed by atoms with E-state index in [1.165, 1.54) is 5.56 Å². The van der Waals surface area contributed by atoms with Crippen molar-refractivity contribution in [1.29, 1.82) is 0 Å². The molecule has 2 aromatic carbocycles. The maximum absolute atomic E-state index is 12.6. The lowest BCUT2D eigenvalue weighted by atomic mass is 10.0. The third kappa shape index (κ3) is 2.51. The molecule has 0 bridgehead atoms. The van der Waals surface area contributed by atoms with Crippen LogP contribution < -0.4 is 10.6 Å². The number of anilines is 2. The van der Waals surface area contributed by atoms with Crippen LogP contribution in [-0.4, -0.2) is 12.5 Å². The van der Waals surface area contributed by atoms with Gasteiger partial charge in [-0.3, -0.25) is 4.79 Å². The predicted molar refractivity (Wildman–Crippen MR) is 86.5 cm³/mol. The summed E-state index contributed by atoms with van der Waals surface area (Å²) in [5.41, 5.74) is 12.3. The lowest BCUT2D eigenvalue weighted by Crippen LogP contribution is -2.30. The minimum atomic E-state index is 0.145. The van der Waals surface area contributed by atoms with Gasteiger partial charge >= 0.3 is 0 Å². The molecule has 2 aromatic rings. The SMILES string of the molecule is Cc1cc2c(cc1N)N(C(=O)Cc1ccccc1C)CC2. The maximum atomic E-state index is 12.6. The molecule has 3 rings (SSSR count). The zero-order valence-corrected chi connectivity index (χ0v) is 12.5. The van der Waals surface area contributed by atoms with Crippen LogP contribution in [0.2, 0.25) is 0 Å². The van der Waals surface area contributed by atoms with E-state index in [2.05, 4.69) is 6.07 Å². The fourth-order valence-corrected chi connectivity index (χ4v) is 2.90. The van der Waals surface area contributed by atoms with Crippen molar-refractivity contribution in [2.24, 2.45) is 0 Å². The zero-order chi connectivity index (χ0) is 15.0. The molecule has 0 radical (unpaired) electrons. The average Bonchev–Trinajstić information content (AvgIpc) is 2.85. The Morgan fingerprint density at radius 3 is 2.71 bits per heavy atom. The molecule has 1 aliphatic rings. The van der Waals surface area contributed by atoms with Gasteiger partial charge in [-0.05, 0) is 48.6 Å². The summed E-state index contributed by atoms with van der Waals surface area (Å²) in [6.45, 7) is 4.80. The normalized spacial score (nSPS) is 13.3. The Morgan fingerprint density at radius 1 is 1.19 bits per heavy atom. The molecule has 0 fully saturated rings. The third-order valence-electron chi connectivity index (χ3n) is 4.27. The molecule has 21 heavy (non-hydrogen) atoms. The minimum Gasteiger partial charge on any atom is -0.398 e. The van der Waals surface area contributed by atoms with Crippen molar-refractivity contribution in [3.05, 3.63) is 58.7 Å². The number of rotatable bonds is 2. The predicted octanol–water partition coefficient (Wildman–Crippen LogP) is 3.02. The fraction of sp³-hybridized carbons (Fsp3) is 0.278. The molecule has 0 atom stereocenters. The number of aryl methyl sites for hydroxylation is 2. The van der Waals surface area contributed by atoms with E-state index >= 15 is 0 Å². The molecule has 0 aromatic heterocycles. The van der Waals surface area contributed by atoms with Gasteiger partial charge in [0.1, 0.15) is 0 Å². The molecule has 108 valence electrons. The number of nitrogens with two attached hydrogens (primary N) is 1. The van der Waals surface area contributed by atoms with E-state index in [1.807, 2.05) is 49.1 Å². The number of fused-ring (bicyclic) bond motifs is 1. The fourth-order valence-electron chi connectivity index (χ4n) is 2.90. The number of carbonyl (C=O) groups is 1. The molecule has 0 unspecified atom stereocenters. The summed E-state index contributed by atoms with van der Waals surface area (Å²) >= 11 is 0. The van der Waals surface area contributed by atoms with Crippen LogP contribution in [0.3, 0.4) is 0 Å². The number of hydrogen-bond acceptors (Lipinski definition) is 2. The second kappa shape index (κ2) is 5.24. The highest BCUT2D eigenvalue weighted by Crippen LogP contribution is 2.32. The lowest BCUT2D eigenvalue weighted by molar-refractivity contribution is -0.117. The van der Waals surface area contributed by atoms with Crippen molar-refractivity contribution < 1.29 is 4.79 Å². The number of benzene rings is 2. The topological polar surface area (TPSA) is 46.3 Å². The van der Waals surface area contributed by atoms with Gasteiger partial charge in [-0.2, -0.15) is 0 Å². The summed E-state index contributed by atoms with van der Waals surface area (Å²) in [6.07, 6.45) is 1.36.